The molecule has 9 heteroatoms. The first-order valence-electron chi connectivity index (χ1n) is 13.8. The lowest BCUT2D eigenvalue weighted by molar-refractivity contribution is -0.132. The van der Waals surface area contributed by atoms with Crippen molar-refractivity contribution in [3.8, 4) is 11.5 Å². The van der Waals surface area contributed by atoms with Crippen LogP contribution in [0.4, 0.5) is 9.52 Å². The number of carbonyl (C=O) groups is 2. The Balaban J connectivity index is 1.31. The maximum Gasteiger partial charge on any atom is 0.301 e. The van der Waals surface area contributed by atoms with Gasteiger partial charge in [-0.25, -0.2) is 9.37 Å². The molecule has 3 heterocycles. The molecule has 2 aliphatic rings. The molecule has 43 heavy (non-hydrogen) atoms. The van der Waals surface area contributed by atoms with Crippen molar-refractivity contribution in [1.82, 2.24) is 4.98 Å². The predicted molar refractivity (Wildman–Crippen MR) is 162 cm³/mol. The maximum absolute atomic E-state index is 14.0. The Labute approximate surface area is 250 Å². The second-order valence-electron chi connectivity index (χ2n) is 10.6. The summed E-state index contributed by atoms with van der Waals surface area (Å²) in [6.45, 7) is 2.34. The lowest BCUT2D eigenvalue weighted by Crippen LogP contribution is -2.29. The molecule has 0 spiro atoms. The molecule has 0 aliphatic carbocycles. The molecule has 2 aliphatic heterocycles. The summed E-state index contributed by atoms with van der Waals surface area (Å²) in [5.74, 6) is -1.04. The van der Waals surface area contributed by atoms with Crippen LogP contribution in [0, 0.1) is 5.82 Å². The lowest BCUT2D eigenvalue weighted by Gasteiger charge is -2.23. The van der Waals surface area contributed by atoms with Crippen molar-refractivity contribution in [2.75, 3.05) is 4.90 Å². The smallest absolute Gasteiger partial charge is 0.301 e. The van der Waals surface area contributed by atoms with Gasteiger partial charge in [-0.1, -0.05) is 53.8 Å². The zero-order chi connectivity index (χ0) is 29.7. The van der Waals surface area contributed by atoms with E-state index in [1.54, 1.807) is 42.5 Å². The van der Waals surface area contributed by atoms with Gasteiger partial charge in [-0.3, -0.25) is 14.5 Å². The van der Waals surface area contributed by atoms with Gasteiger partial charge in [0, 0.05) is 12.0 Å². The summed E-state index contributed by atoms with van der Waals surface area (Å²) in [7, 11) is 0. The highest BCUT2D eigenvalue weighted by molar-refractivity contribution is 7.22. The van der Waals surface area contributed by atoms with Crippen LogP contribution in [0.15, 0.2) is 96.6 Å². The van der Waals surface area contributed by atoms with Gasteiger partial charge in [-0.15, -0.1) is 0 Å². The van der Waals surface area contributed by atoms with Crippen molar-refractivity contribution in [3.63, 3.8) is 0 Å². The quantitative estimate of drug-likeness (QED) is 0.130. The number of fused-ring (bicyclic) bond motifs is 2. The average Bonchev–Trinajstić information content (AvgIpc) is 3.68. The van der Waals surface area contributed by atoms with Crippen LogP contribution in [0.25, 0.3) is 16.0 Å². The minimum absolute atomic E-state index is 0.00414. The van der Waals surface area contributed by atoms with E-state index in [0.29, 0.717) is 40.1 Å². The molecule has 1 aromatic heterocycles. The van der Waals surface area contributed by atoms with E-state index in [0.717, 1.165) is 28.2 Å². The van der Waals surface area contributed by atoms with Gasteiger partial charge in [0.2, 0.25) is 0 Å². The van der Waals surface area contributed by atoms with Crippen LogP contribution in [-0.4, -0.2) is 27.9 Å². The number of Topliss-reactive ketones (excluding diaryl/α,β-unsaturated/α-hetero) is 1. The van der Waals surface area contributed by atoms with Crippen LogP contribution in [0.5, 0.6) is 11.5 Å². The van der Waals surface area contributed by atoms with E-state index in [1.165, 1.54) is 23.1 Å². The third-order valence-corrected chi connectivity index (χ3v) is 8.62. The lowest BCUT2D eigenvalue weighted by atomic mass is 9.94. The molecule has 1 saturated heterocycles. The number of anilines is 1. The second-order valence-corrected chi connectivity index (χ2v) is 11.6. The number of ketones is 1. The summed E-state index contributed by atoms with van der Waals surface area (Å²) in [4.78, 5) is 33.1. The van der Waals surface area contributed by atoms with E-state index in [-0.39, 0.29) is 22.6 Å². The monoisotopic (exact) mass is 592 g/mol. The maximum atomic E-state index is 14.0. The fourth-order valence-electron chi connectivity index (χ4n) is 5.55. The molecule has 7 rings (SSSR count). The molecular formula is C34H25FN2O5S. The fourth-order valence-corrected chi connectivity index (χ4v) is 6.56. The highest BCUT2D eigenvalue weighted by Gasteiger charge is 2.48. The number of carbonyl (C=O) groups excluding carboxylic acids is 2. The number of rotatable bonds is 6. The first-order valence-corrected chi connectivity index (χ1v) is 14.6. The van der Waals surface area contributed by atoms with Crippen LogP contribution in [-0.2, 0) is 22.6 Å². The molecule has 0 radical (unpaired) electrons. The summed E-state index contributed by atoms with van der Waals surface area (Å²) < 4.78 is 26.2. The Kier molecular flexibility index (Phi) is 6.66. The van der Waals surface area contributed by atoms with Crippen molar-refractivity contribution >= 4 is 44.1 Å². The minimum Gasteiger partial charge on any atom is -0.507 e. The average molecular weight is 593 g/mol. The summed E-state index contributed by atoms with van der Waals surface area (Å²) in [6, 6.07) is 25.2. The van der Waals surface area contributed by atoms with Crippen molar-refractivity contribution < 1.29 is 28.6 Å². The Bertz CT molecular complexity index is 1920. The van der Waals surface area contributed by atoms with Crippen molar-refractivity contribution in [3.05, 3.63) is 125 Å². The topological polar surface area (TPSA) is 89.0 Å². The third-order valence-electron chi connectivity index (χ3n) is 7.60. The van der Waals surface area contributed by atoms with E-state index in [2.05, 4.69) is 4.98 Å². The highest BCUT2D eigenvalue weighted by Crippen LogP contribution is 2.45. The zero-order valence-corrected chi connectivity index (χ0v) is 23.8. The van der Waals surface area contributed by atoms with Crippen LogP contribution < -0.4 is 14.4 Å². The van der Waals surface area contributed by atoms with Gasteiger partial charge >= 0.3 is 5.91 Å². The number of aromatic nitrogens is 1. The van der Waals surface area contributed by atoms with E-state index in [9.17, 15) is 19.1 Å². The van der Waals surface area contributed by atoms with E-state index < -0.39 is 23.5 Å². The number of aliphatic hydroxyl groups excluding tert-OH is 1. The zero-order valence-electron chi connectivity index (χ0n) is 23.0. The number of hydrogen-bond acceptors (Lipinski definition) is 7. The van der Waals surface area contributed by atoms with E-state index in [1.807, 2.05) is 37.3 Å². The molecule has 4 aromatic carbocycles. The van der Waals surface area contributed by atoms with Crippen LogP contribution in [0.2, 0.25) is 0 Å². The van der Waals surface area contributed by atoms with Gasteiger partial charge in [0.15, 0.2) is 5.13 Å². The molecule has 1 fully saturated rings. The summed E-state index contributed by atoms with van der Waals surface area (Å²) in [5, 5.41) is 11.8. The fraction of sp³-hybridized carbons (Fsp3) is 0.147. The Hall–Kier alpha value is -5.02. The number of aliphatic hydroxyl groups is 1. The normalized spacial score (nSPS) is 19.1. The Morgan fingerprint density at radius 2 is 1.84 bits per heavy atom. The SMILES string of the molecule is CC1Cc2cc(/C(O)=C3\C(=O)C(=O)N(c4nc5ccc(F)cc5s4)C3c3ccc(OCc4ccccc4)cc3)ccc2O1. The van der Waals surface area contributed by atoms with Gasteiger partial charge in [0.05, 0.1) is 21.8 Å². The summed E-state index contributed by atoms with van der Waals surface area (Å²) >= 11 is 1.10. The van der Waals surface area contributed by atoms with Crippen LogP contribution >= 0.6 is 11.3 Å². The number of amides is 1. The predicted octanol–water partition coefficient (Wildman–Crippen LogP) is 6.96. The molecule has 5 aromatic rings. The van der Waals surface area contributed by atoms with E-state index >= 15 is 0 Å². The molecule has 2 atom stereocenters. The molecule has 2 unspecified atom stereocenters. The van der Waals surface area contributed by atoms with Gasteiger partial charge in [0.1, 0.15) is 35.8 Å². The molecule has 214 valence electrons. The molecule has 1 amide bonds. The second kappa shape index (κ2) is 10.7. The van der Waals surface area contributed by atoms with E-state index in [4.69, 9.17) is 9.47 Å². The number of ether oxygens (including phenoxy) is 2. The molecule has 1 N–H and O–H groups in total. The number of nitrogens with zero attached hydrogens (tertiary/aromatic N) is 2. The number of benzene rings is 4. The summed E-state index contributed by atoms with van der Waals surface area (Å²) in [6.07, 6.45) is 0.672. The van der Waals surface area contributed by atoms with Crippen molar-refractivity contribution in [1.29, 1.82) is 0 Å². The Morgan fingerprint density at radius 1 is 1.05 bits per heavy atom. The summed E-state index contributed by atoms with van der Waals surface area (Å²) in [5.41, 5.74) is 3.36. The number of thiazole rings is 1. The van der Waals surface area contributed by atoms with Crippen LogP contribution in [0.3, 0.4) is 0 Å². The molecule has 0 bridgehead atoms. The largest absolute Gasteiger partial charge is 0.507 e. The first kappa shape index (κ1) is 26.9. The number of halogens is 1. The first-order chi connectivity index (χ1) is 20.9. The number of hydrogen-bond donors (Lipinski definition) is 1. The third kappa shape index (κ3) is 4.91. The highest BCUT2D eigenvalue weighted by atomic mass is 32.1. The van der Waals surface area contributed by atoms with Crippen molar-refractivity contribution in [2.24, 2.45) is 0 Å². The van der Waals surface area contributed by atoms with Gasteiger partial charge in [-0.05, 0) is 72.1 Å². The minimum atomic E-state index is -0.975. The van der Waals surface area contributed by atoms with Crippen molar-refractivity contribution in [2.45, 2.75) is 32.1 Å². The van der Waals surface area contributed by atoms with Gasteiger partial charge in [0.25, 0.3) is 5.78 Å². The van der Waals surface area contributed by atoms with Crippen LogP contribution in [0.1, 0.15) is 35.2 Å². The van der Waals surface area contributed by atoms with Gasteiger partial charge < -0.3 is 14.6 Å². The molecular weight excluding hydrogens is 567 g/mol. The molecule has 0 saturated carbocycles. The van der Waals surface area contributed by atoms with Gasteiger partial charge in [-0.2, -0.15) is 0 Å². The molecule has 7 nitrogen and oxygen atoms in total. The Morgan fingerprint density at radius 3 is 2.63 bits per heavy atom. The standard InChI is InChI=1S/C34H25FN2O5S/c1-19-15-23-16-22(9-14-27(23)42-19)31(38)29-30(21-7-11-25(12-8-21)41-18-20-5-3-2-4-6-20)37(33(40)32(29)39)34-36-26-13-10-24(35)17-28(26)43-34/h2-14,16-17,19,30,38H,15,18H2,1H3/b31-29+.